The Labute approximate surface area is 167 Å². The zero-order valence-corrected chi connectivity index (χ0v) is 16.5. The largest absolute Gasteiger partial charge is 0.481 e. The molecule has 8 heteroatoms. The van der Waals surface area contributed by atoms with Crippen LogP contribution in [-0.4, -0.2) is 60.7 Å². The number of carbonyl (C=O) groups excluding carboxylic acids is 1. The molecule has 1 fully saturated rings. The van der Waals surface area contributed by atoms with Crippen LogP contribution in [0.2, 0.25) is 0 Å². The molecule has 0 aliphatic carbocycles. The van der Waals surface area contributed by atoms with Crippen molar-refractivity contribution >= 4 is 33.1 Å². The molecule has 0 aromatic carbocycles. The molecule has 3 aromatic rings. The summed E-state index contributed by atoms with van der Waals surface area (Å²) in [5, 5.41) is 3.27. The van der Waals surface area contributed by atoms with Crippen LogP contribution in [0, 0.1) is 0 Å². The second-order valence-electron chi connectivity index (χ2n) is 6.54. The smallest absolute Gasteiger partial charge is 0.248 e. The number of thiophene rings is 1. The van der Waals surface area contributed by atoms with Crippen LogP contribution >= 0.6 is 11.3 Å². The Hall–Kier alpha value is -2.71. The summed E-state index contributed by atoms with van der Waals surface area (Å²) in [5.41, 5.74) is 0.911. The second kappa shape index (κ2) is 8.53. The van der Waals surface area contributed by atoms with Gasteiger partial charge in [0, 0.05) is 54.7 Å². The molecule has 3 aromatic heterocycles. The van der Waals surface area contributed by atoms with Gasteiger partial charge in [0.05, 0.1) is 13.7 Å². The number of rotatable bonds is 6. The van der Waals surface area contributed by atoms with Crippen LogP contribution in [0.1, 0.15) is 5.56 Å². The fraction of sp³-hybridized carbons (Fsp3) is 0.350. The van der Waals surface area contributed by atoms with Crippen molar-refractivity contribution in [2.45, 2.75) is 6.61 Å². The average Bonchev–Trinajstić information content (AvgIpc) is 3.23. The lowest BCUT2D eigenvalue weighted by Gasteiger charge is -2.35. The van der Waals surface area contributed by atoms with Crippen molar-refractivity contribution in [3.63, 3.8) is 0 Å². The summed E-state index contributed by atoms with van der Waals surface area (Å²) in [5.74, 6) is 1.59. The molecule has 4 heterocycles. The number of hydrogen-bond donors (Lipinski definition) is 0. The van der Waals surface area contributed by atoms with E-state index in [1.54, 1.807) is 30.7 Å². The third kappa shape index (κ3) is 4.07. The SMILES string of the molecule is COc1ccc(COCC(=O)N2CCN(c3nccc4sccc34)CC2)cn1. The van der Waals surface area contributed by atoms with E-state index in [-0.39, 0.29) is 12.5 Å². The highest BCUT2D eigenvalue weighted by molar-refractivity contribution is 7.17. The minimum Gasteiger partial charge on any atom is -0.481 e. The zero-order chi connectivity index (χ0) is 19.3. The van der Waals surface area contributed by atoms with Crippen molar-refractivity contribution in [2.24, 2.45) is 0 Å². The summed E-state index contributed by atoms with van der Waals surface area (Å²) >= 11 is 1.72. The number of hydrogen-bond acceptors (Lipinski definition) is 7. The minimum absolute atomic E-state index is 0.0165. The molecule has 0 N–H and O–H groups in total. The van der Waals surface area contributed by atoms with Crippen molar-refractivity contribution in [3.05, 3.63) is 47.6 Å². The van der Waals surface area contributed by atoms with Gasteiger partial charge < -0.3 is 19.3 Å². The number of amides is 1. The molecule has 1 amide bonds. The van der Waals surface area contributed by atoms with Crippen molar-refractivity contribution in [3.8, 4) is 5.88 Å². The molecule has 1 saturated heterocycles. The first-order valence-corrected chi connectivity index (χ1v) is 10.0. The fourth-order valence-electron chi connectivity index (χ4n) is 3.26. The van der Waals surface area contributed by atoms with Gasteiger partial charge in [0.2, 0.25) is 11.8 Å². The predicted molar refractivity (Wildman–Crippen MR) is 109 cm³/mol. The Morgan fingerprint density at radius 2 is 2.00 bits per heavy atom. The lowest BCUT2D eigenvalue weighted by atomic mass is 10.2. The molecular weight excluding hydrogens is 376 g/mol. The predicted octanol–water partition coefficient (Wildman–Crippen LogP) is 2.57. The van der Waals surface area contributed by atoms with E-state index < -0.39 is 0 Å². The number of piperazine rings is 1. The summed E-state index contributed by atoms with van der Waals surface area (Å²) < 4.78 is 11.8. The Bertz CT molecular complexity index is 936. The van der Waals surface area contributed by atoms with E-state index in [0.717, 1.165) is 24.5 Å². The van der Waals surface area contributed by atoms with Crippen molar-refractivity contribution in [1.82, 2.24) is 14.9 Å². The van der Waals surface area contributed by atoms with E-state index >= 15 is 0 Å². The maximum Gasteiger partial charge on any atom is 0.248 e. The normalized spacial score (nSPS) is 14.5. The third-order valence-electron chi connectivity index (χ3n) is 4.79. The maximum atomic E-state index is 12.4. The van der Waals surface area contributed by atoms with Gasteiger partial charge in [-0.3, -0.25) is 4.79 Å². The van der Waals surface area contributed by atoms with Gasteiger partial charge in [-0.15, -0.1) is 11.3 Å². The molecule has 146 valence electrons. The number of carbonyl (C=O) groups is 1. The van der Waals surface area contributed by atoms with Crippen molar-refractivity contribution in [1.29, 1.82) is 0 Å². The summed E-state index contributed by atoms with van der Waals surface area (Å²) in [6.45, 7) is 3.33. The van der Waals surface area contributed by atoms with Gasteiger partial charge in [0.1, 0.15) is 12.4 Å². The Kier molecular flexibility index (Phi) is 5.68. The summed E-state index contributed by atoms with van der Waals surface area (Å²) in [6.07, 6.45) is 3.55. The van der Waals surface area contributed by atoms with Crippen LogP contribution in [0.25, 0.3) is 10.1 Å². The van der Waals surface area contributed by atoms with Crippen LogP contribution in [0.3, 0.4) is 0 Å². The van der Waals surface area contributed by atoms with Gasteiger partial charge in [-0.25, -0.2) is 9.97 Å². The number of pyridine rings is 2. The molecule has 4 rings (SSSR count). The van der Waals surface area contributed by atoms with Crippen molar-refractivity contribution < 1.29 is 14.3 Å². The summed E-state index contributed by atoms with van der Waals surface area (Å²) in [7, 11) is 1.58. The lowest BCUT2D eigenvalue weighted by molar-refractivity contribution is -0.136. The average molecular weight is 398 g/mol. The van der Waals surface area contributed by atoms with E-state index in [1.165, 1.54) is 10.1 Å². The molecule has 0 spiro atoms. The third-order valence-corrected chi connectivity index (χ3v) is 5.67. The van der Waals surface area contributed by atoms with E-state index in [0.29, 0.717) is 25.6 Å². The van der Waals surface area contributed by atoms with Gasteiger partial charge in [-0.05, 0) is 29.1 Å². The number of ether oxygens (including phenoxy) is 2. The quantitative estimate of drug-likeness (QED) is 0.636. The van der Waals surface area contributed by atoms with Gasteiger partial charge in [0.15, 0.2) is 0 Å². The molecule has 1 aliphatic heterocycles. The topological polar surface area (TPSA) is 67.8 Å². The number of methoxy groups -OCH3 is 1. The van der Waals surface area contributed by atoms with E-state index in [4.69, 9.17) is 9.47 Å². The molecule has 0 radical (unpaired) electrons. The monoisotopic (exact) mass is 398 g/mol. The molecule has 0 unspecified atom stereocenters. The molecule has 0 bridgehead atoms. The Morgan fingerprint density at radius 3 is 2.75 bits per heavy atom. The van der Waals surface area contributed by atoms with Crippen LogP contribution in [0.4, 0.5) is 5.82 Å². The molecule has 1 aliphatic rings. The fourth-order valence-corrected chi connectivity index (χ4v) is 4.04. The minimum atomic E-state index is 0.0165. The van der Waals surface area contributed by atoms with E-state index in [9.17, 15) is 4.79 Å². The molecular formula is C20H22N4O3S. The number of fused-ring (bicyclic) bond motifs is 1. The Balaban J connectivity index is 1.26. The van der Waals surface area contributed by atoms with Crippen LogP contribution < -0.4 is 9.64 Å². The molecule has 0 saturated carbocycles. The first-order chi connectivity index (χ1) is 13.7. The standard InChI is InChI=1S/C20H22N4O3S/c1-26-18-3-2-15(12-22-18)13-27-14-19(25)23-7-9-24(10-8-23)20-16-5-11-28-17(16)4-6-21-20/h2-6,11-12H,7-10,13-14H2,1H3. The second-order valence-corrected chi connectivity index (χ2v) is 7.48. The van der Waals surface area contributed by atoms with Crippen molar-refractivity contribution in [2.75, 3.05) is 44.8 Å². The summed E-state index contributed by atoms with van der Waals surface area (Å²) in [4.78, 5) is 25.2. The maximum absolute atomic E-state index is 12.4. The number of aromatic nitrogens is 2. The molecule has 0 atom stereocenters. The molecule has 28 heavy (non-hydrogen) atoms. The van der Waals surface area contributed by atoms with E-state index in [1.807, 2.05) is 23.2 Å². The molecule has 7 nitrogen and oxygen atoms in total. The van der Waals surface area contributed by atoms with Gasteiger partial charge >= 0.3 is 0 Å². The first-order valence-electron chi connectivity index (χ1n) is 9.16. The van der Waals surface area contributed by atoms with Gasteiger partial charge in [0.25, 0.3) is 0 Å². The zero-order valence-electron chi connectivity index (χ0n) is 15.7. The van der Waals surface area contributed by atoms with Gasteiger partial charge in [-0.2, -0.15) is 0 Å². The first kappa shape index (κ1) is 18.6. The highest BCUT2D eigenvalue weighted by Gasteiger charge is 2.23. The highest BCUT2D eigenvalue weighted by atomic mass is 32.1. The van der Waals surface area contributed by atoms with Crippen LogP contribution in [-0.2, 0) is 16.1 Å². The summed E-state index contributed by atoms with van der Waals surface area (Å²) in [6, 6.07) is 7.82. The lowest BCUT2D eigenvalue weighted by Crippen LogP contribution is -2.50. The number of nitrogens with zero attached hydrogens (tertiary/aromatic N) is 4. The highest BCUT2D eigenvalue weighted by Crippen LogP contribution is 2.28. The Morgan fingerprint density at radius 1 is 1.14 bits per heavy atom. The number of anilines is 1. The van der Waals surface area contributed by atoms with Gasteiger partial charge in [-0.1, -0.05) is 0 Å². The van der Waals surface area contributed by atoms with E-state index in [2.05, 4.69) is 26.3 Å². The van der Waals surface area contributed by atoms with Crippen LogP contribution in [0.5, 0.6) is 5.88 Å². The van der Waals surface area contributed by atoms with Crippen LogP contribution in [0.15, 0.2) is 42.0 Å².